The van der Waals surface area contributed by atoms with Crippen molar-refractivity contribution in [2.45, 2.75) is 6.42 Å². The van der Waals surface area contributed by atoms with Gasteiger partial charge in [0.15, 0.2) is 0 Å². The van der Waals surface area contributed by atoms with Crippen molar-refractivity contribution < 1.29 is 0 Å². The van der Waals surface area contributed by atoms with Crippen molar-refractivity contribution in [1.29, 1.82) is 5.26 Å². The van der Waals surface area contributed by atoms with Crippen LogP contribution in [0.1, 0.15) is 6.42 Å². The largest absolute Gasteiger partial charge is 0.316 e. The average Bonchev–Trinajstić information content (AvgIpc) is 2.34. The molecule has 1 aliphatic heterocycles. The van der Waals surface area contributed by atoms with E-state index in [-0.39, 0.29) is 0 Å². The standard InChI is InChI=1S/C7H10N2/c8-4-1-2-7-3-5-9-6-7/h1-2,7,9H,3,5-6H2. The van der Waals surface area contributed by atoms with E-state index in [0.29, 0.717) is 5.92 Å². The van der Waals surface area contributed by atoms with Gasteiger partial charge in [0, 0.05) is 12.6 Å². The third kappa shape index (κ3) is 1.87. The van der Waals surface area contributed by atoms with Crippen molar-refractivity contribution in [1.82, 2.24) is 5.32 Å². The van der Waals surface area contributed by atoms with Gasteiger partial charge in [0.1, 0.15) is 0 Å². The van der Waals surface area contributed by atoms with Gasteiger partial charge in [-0.2, -0.15) is 5.26 Å². The second-order valence-corrected chi connectivity index (χ2v) is 2.24. The second-order valence-electron chi connectivity index (χ2n) is 2.24. The summed E-state index contributed by atoms with van der Waals surface area (Å²) < 4.78 is 0. The highest BCUT2D eigenvalue weighted by Crippen LogP contribution is 2.07. The van der Waals surface area contributed by atoms with Gasteiger partial charge in [0.05, 0.1) is 6.07 Å². The molecule has 2 heteroatoms. The van der Waals surface area contributed by atoms with Gasteiger partial charge in [-0.1, -0.05) is 6.08 Å². The van der Waals surface area contributed by atoms with E-state index in [9.17, 15) is 0 Å². The number of hydrogen-bond acceptors (Lipinski definition) is 2. The monoisotopic (exact) mass is 122 g/mol. The Balaban J connectivity index is 2.28. The van der Waals surface area contributed by atoms with Crippen LogP contribution in [-0.2, 0) is 0 Å². The molecule has 0 radical (unpaired) electrons. The Hall–Kier alpha value is -0.810. The lowest BCUT2D eigenvalue weighted by Gasteiger charge is -1.94. The zero-order chi connectivity index (χ0) is 6.53. The molecule has 1 rings (SSSR count). The summed E-state index contributed by atoms with van der Waals surface area (Å²) in [5.74, 6) is 0.602. The van der Waals surface area contributed by atoms with Crippen molar-refractivity contribution in [3.8, 4) is 6.07 Å². The van der Waals surface area contributed by atoms with E-state index in [0.717, 1.165) is 13.1 Å². The predicted molar refractivity (Wildman–Crippen MR) is 35.7 cm³/mol. The van der Waals surface area contributed by atoms with Crippen LogP contribution in [0.5, 0.6) is 0 Å². The highest BCUT2D eigenvalue weighted by atomic mass is 14.9. The smallest absolute Gasteiger partial charge is 0.0908 e. The van der Waals surface area contributed by atoms with Crippen molar-refractivity contribution in [2.75, 3.05) is 13.1 Å². The van der Waals surface area contributed by atoms with Gasteiger partial charge in [-0.3, -0.25) is 0 Å². The third-order valence-corrected chi connectivity index (χ3v) is 1.54. The quantitative estimate of drug-likeness (QED) is 0.519. The Morgan fingerprint density at radius 3 is 3.11 bits per heavy atom. The normalized spacial score (nSPS) is 26.8. The summed E-state index contributed by atoms with van der Waals surface area (Å²) in [5, 5.41) is 11.4. The molecule has 0 aromatic heterocycles. The predicted octanol–water partition coefficient (Wildman–Crippen LogP) is 0.676. The number of nitriles is 1. The summed E-state index contributed by atoms with van der Waals surface area (Å²) >= 11 is 0. The molecule has 48 valence electrons. The molecule has 1 aliphatic rings. The molecular formula is C7H10N2. The molecule has 0 aliphatic carbocycles. The first-order valence-electron chi connectivity index (χ1n) is 3.20. The summed E-state index contributed by atoms with van der Waals surface area (Å²) in [7, 11) is 0. The summed E-state index contributed by atoms with van der Waals surface area (Å²) in [6.45, 7) is 2.14. The SMILES string of the molecule is N#CC=CC1CCNC1. The summed E-state index contributed by atoms with van der Waals surface area (Å²) in [6, 6.07) is 1.99. The van der Waals surface area contributed by atoms with Crippen LogP contribution in [0.25, 0.3) is 0 Å². The Kier molecular flexibility index (Phi) is 2.29. The fourth-order valence-corrected chi connectivity index (χ4v) is 1.02. The van der Waals surface area contributed by atoms with E-state index in [1.807, 2.05) is 12.1 Å². The van der Waals surface area contributed by atoms with Crippen molar-refractivity contribution >= 4 is 0 Å². The molecule has 0 saturated carbocycles. The molecule has 0 aromatic rings. The first-order valence-corrected chi connectivity index (χ1v) is 3.20. The molecule has 0 aromatic carbocycles. The van der Waals surface area contributed by atoms with Crippen LogP contribution in [0.2, 0.25) is 0 Å². The minimum absolute atomic E-state index is 0.602. The van der Waals surface area contributed by atoms with E-state index in [1.165, 1.54) is 6.42 Å². The van der Waals surface area contributed by atoms with Gasteiger partial charge in [0.25, 0.3) is 0 Å². The molecule has 2 nitrogen and oxygen atoms in total. The molecule has 0 spiro atoms. The van der Waals surface area contributed by atoms with Gasteiger partial charge < -0.3 is 5.32 Å². The van der Waals surface area contributed by atoms with Crippen LogP contribution in [-0.4, -0.2) is 13.1 Å². The molecular weight excluding hydrogens is 112 g/mol. The second kappa shape index (κ2) is 3.26. The first-order chi connectivity index (χ1) is 4.43. The highest BCUT2D eigenvalue weighted by Gasteiger charge is 2.09. The summed E-state index contributed by atoms with van der Waals surface area (Å²) in [6.07, 6.45) is 4.72. The Morgan fingerprint density at radius 1 is 1.67 bits per heavy atom. The molecule has 1 N–H and O–H groups in total. The first kappa shape index (κ1) is 6.31. The minimum Gasteiger partial charge on any atom is -0.316 e. The summed E-state index contributed by atoms with van der Waals surface area (Å²) in [5.41, 5.74) is 0. The van der Waals surface area contributed by atoms with Crippen LogP contribution in [0, 0.1) is 17.2 Å². The lowest BCUT2D eigenvalue weighted by atomic mass is 10.1. The van der Waals surface area contributed by atoms with Crippen LogP contribution in [0.4, 0.5) is 0 Å². The highest BCUT2D eigenvalue weighted by molar-refractivity contribution is 5.05. The van der Waals surface area contributed by atoms with E-state index in [2.05, 4.69) is 5.32 Å². The van der Waals surface area contributed by atoms with Crippen molar-refractivity contribution in [2.24, 2.45) is 5.92 Å². The molecule has 0 amide bonds. The van der Waals surface area contributed by atoms with Crippen molar-refractivity contribution in [3.05, 3.63) is 12.2 Å². The molecule has 1 unspecified atom stereocenters. The number of nitrogens with zero attached hydrogens (tertiary/aromatic N) is 1. The van der Waals surface area contributed by atoms with Gasteiger partial charge in [-0.15, -0.1) is 0 Å². The topological polar surface area (TPSA) is 35.8 Å². The molecule has 1 fully saturated rings. The zero-order valence-electron chi connectivity index (χ0n) is 5.30. The van der Waals surface area contributed by atoms with Gasteiger partial charge in [-0.05, 0) is 18.9 Å². The number of allylic oxidation sites excluding steroid dienone is 1. The Labute approximate surface area is 55.2 Å². The molecule has 1 heterocycles. The Morgan fingerprint density at radius 2 is 2.56 bits per heavy atom. The molecule has 1 atom stereocenters. The lowest BCUT2D eigenvalue weighted by Crippen LogP contribution is -2.07. The maximum atomic E-state index is 8.17. The van der Waals surface area contributed by atoms with Gasteiger partial charge in [0.2, 0.25) is 0 Å². The fourth-order valence-electron chi connectivity index (χ4n) is 1.02. The fraction of sp³-hybridized carbons (Fsp3) is 0.571. The lowest BCUT2D eigenvalue weighted by molar-refractivity contribution is 0.728. The van der Waals surface area contributed by atoms with Crippen LogP contribution < -0.4 is 5.32 Å². The maximum absolute atomic E-state index is 8.17. The molecule has 1 saturated heterocycles. The number of hydrogen-bond donors (Lipinski definition) is 1. The van der Waals surface area contributed by atoms with E-state index < -0.39 is 0 Å². The van der Waals surface area contributed by atoms with E-state index in [1.54, 1.807) is 6.08 Å². The third-order valence-electron chi connectivity index (χ3n) is 1.54. The van der Waals surface area contributed by atoms with E-state index in [4.69, 9.17) is 5.26 Å². The molecule has 9 heavy (non-hydrogen) atoms. The molecule has 0 bridgehead atoms. The number of nitrogens with one attached hydrogen (secondary N) is 1. The average molecular weight is 122 g/mol. The van der Waals surface area contributed by atoms with Gasteiger partial charge >= 0.3 is 0 Å². The maximum Gasteiger partial charge on any atom is 0.0908 e. The van der Waals surface area contributed by atoms with E-state index >= 15 is 0 Å². The van der Waals surface area contributed by atoms with Gasteiger partial charge in [-0.25, -0.2) is 0 Å². The van der Waals surface area contributed by atoms with Crippen molar-refractivity contribution in [3.63, 3.8) is 0 Å². The number of rotatable bonds is 1. The Bertz CT molecular complexity index is 137. The van der Waals surface area contributed by atoms with Crippen LogP contribution in [0.15, 0.2) is 12.2 Å². The minimum atomic E-state index is 0.602. The summed E-state index contributed by atoms with van der Waals surface area (Å²) in [4.78, 5) is 0. The zero-order valence-corrected chi connectivity index (χ0v) is 5.30. The van der Waals surface area contributed by atoms with Crippen LogP contribution in [0.3, 0.4) is 0 Å². The van der Waals surface area contributed by atoms with Crippen LogP contribution >= 0.6 is 0 Å².